The topological polar surface area (TPSA) is 47.6 Å². The van der Waals surface area contributed by atoms with Gasteiger partial charge in [0.1, 0.15) is 11.5 Å². The van der Waals surface area contributed by atoms with Crippen molar-refractivity contribution in [2.75, 3.05) is 5.32 Å². The number of amides is 1. The molecule has 0 aromatic heterocycles. The van der Waals surface area contributed by atoms with Gasteiger partial charge in [0.2, 0.25) is 0 Å². The van der Waals surface area contributed by atoms with E-state index in [1.165, 1.54) is 0 Å². The predicted molar refractivity (Wildman–Crippen MR) is 117 cm³/mol. The Morgan fingerprint density at radius 2 is 1.72 bits per heavy atom. The van der Waals surface area contributed by atoms with Crippen molar-refractivity contribution in [2.24, 2.45) is 0 Å². The van der Waals surface area contributed by atoms with Gasteiger partial charge in [-0.3, -0.25) is 4.79 Å². The van der Waals surface area contributed by atoms with Crippen LogP contribution in [0.25, 0.3) is 0 Å². The van der Waals surface area contributed by atoms with Crippen LogP contribution in [-0.4, -0.2) is 12.0 Å². The van der Waals surface area contributed by atoms with Crippen LogP contribution in [0.5, 0.6) is 17.2 Å². The van der Waals surface area contributed by atoms with Crippen LogP contribution in [0.4, 0.5) is 5.69 Å². The lowest BCUT2D eigenvalue weighted by atomic mass is 10.1. The molecule has 3 aromatic carbocycles. The van der Waals surface area contributed by atoms with Crippen molar-refractivity contribution >= 4 is 23.2 Å². The van der Waals surface area contributed by atoms with Gasteiger partial charge in [0.15, 0.2) is 11.9 Å². The second-order valence-electron chi connectivity index (χ2n) is 6.83. The van der Waals surface area contributed by atoms with E-state index in [1.54, 1.807) is 18.2 Å². The number of ether oxygens (including phenoxy) is 2. The molecule has 0 aliphatic heterocycles. The van der Waals surface area contributed by atoms with E-state index in [0.717, 1.165) is 11.1 Å². The van der Waals surface area contributed by atoms with Crippen LogP contribution in [0.3, 0.4) is 0 Å². The number of nitrogens with one attached hydrogen (secondary N) is 1. The Balaban J connectivity index is 1.78. The van der Waals surface area contributed by atoms with Gasteiger partial charge in [-0.05, 0) is 62.2 Å². The Hall–Kier alpha value is -2.98. The van der Waals surface area contributed by atoms with Gasteiger partial charge in [-0.1, -0.05) is 54.4 Å². The highest BCUT2D eigenvalue weighted by Crippen LogP contribution is 2.32. The highest BCUT2D eigenvalue weighted by molar-refractivity contribution is 6.31. The second kappa shape index (κ2) is 9.48. The average Bonchev–Trinajstić information content (AvgIpc) is 2.70. The predicted octanol–water partition coefficient (Wildman–Crippen LogP) is 6.55. The fraction of sp³-hybridized carbons (Fsp3) is 0.208. The molecule has 0 aliphatic rings. The number of carbonyl (C=O) groups is 1. The van der Waals surface area contributed by atoms with Crippen LogP contribution < -0.4 is 14.8 Å². The minimum atomic E-state index is -0.639. The highest BCUT2D eigenvalue weighted by Gasteiger charge is 2.21. The third kappa shape index (κ3) is 5.52. The Bertz CT molecular complexity index is 989. The van der Waals surface area contributed by atoms with Crippen molar-refractivity contribution in [3.8, 4) is 17.2 Å². The van der Waals surface area contributed by atoms with Gasteiger partial charge in [0.25, 0.3) is 5.91 Å². The van der Waals surface area contributed by atoms with E-state index in [2.05, 4.69) is 5.32 Å². The summed E-state index contributed by atoms with van der Waals surface area (Å²) in [6, 6.07) is 20.4. The molecule has 3 aromatic rings. The Labute approximate surface area is 176 Å². The number of anilines is 1. The summed E-state index contributed by atoms with van der Waals surface area (Å²) in [5.41, 5.74) is 2.63. The van der Waals surface area contributed by atoms with Crippen LogP contribution in [0.15, 0.2) is 66.7 Å². The van der Waals surface area contributed by atoms with Gasteiger partial charge >= 0.3 is 0 Å². The molecule has 1 atom stereocenters. The molecule has 3 rings (SSSR count). The number of halogens is 1. The summed E-state index contributed by atoms with van der Waals surface area (Å²) in [6.07, 6.45) is -0.117. The van der Waals surface area contributed by atoms with Crippen molar-refractivity contribution in [3.05, 3.63) is 82.9 Å². The minimum Gasteiger partial charge on any atom is -0.480 e. The molecule has 1 N–H and O–H groups in total. The van der Waals surface area contributed by atoms with Crippen molar-refractivity contribution in [2.45, 2.75) is 33.3 Å². The van der Waals surface area contributed by atoms with Crippen molar-refractivity contribution < 1.29 is 14.3 Å². The van der Waals surface area contributed by atoms with Crippen LogP contribution >= 0.6 is 11.6 Å². The third-order valence-electron chi connectivity index (χ3n) is 4.43. The molecule has 0 aliphatic carbocycles. The van der Waals surface area contributed by atoms with E-state index < -0.39 is 6.10 Å². The first-order valence-corrected chi connectivity index (χ1v) is 9.91. The molecule has 0 heterocycles. The van der Waals surface area contributed by atoms with Gasteiger partial charge in [0.05, 0.1) is 5.69 Å². The van der Waals surface area contributed by atoms with Crippen LogP contribution in [0, 0.1) is 13.8 Å². The number of hydrogen-bond donors (Lipinski definition) is 1. The number of hydrogen-bond acceptors (Lipinski definition) is 3. The summed E-state index contributed by atoms with van der Waals surface area (Å²) in [7, 11) is 0. The molecule has 0 saturated carbocycles. The van der Waals surface area contributed by atoms with Gasteiger partial charge in [0, 0.05) is 5.02 Å². The van der Waals surface area contributed by atoms with E-state index in [4.69, 9.17) is 21.1 Å². The van der Waals surface area contributed by atoms with E-state index >= 15 is 0 Å². The van der Waals surface area contributed by atoms with Gasteiger partial charge in [-0.2, -0.15) is 0 Å². The normalized spacial score (nSPS) is 11.6. The molecular weight excluding hydrogens is 386 g/mol. The molecule has 150 valence electrons. The first kappa shape index (κ1) is 20.7. The van der Waals surface area contributed by atoms with Crippen LogP contribution in [0.1, 0.15) is 24.5 Å². The summed E-state index contributed by atoms with van der Waals surface area (Å²) in [5.74, 6) is 1.62. The van der Waals surface area contributed by atoms with Crippen LogP contribution in [-0.2, 0) is 4.79 Å². The largest absolute Gasteiger partial charge is 0.480 e. The van der Waals surface area contributed by atoms with E-state index in [1.807, 2.05) is 69.3 Å². The smallest absolute Gasteiger partial charge is 0.265 e. The molecule has 0 unspecified atom stereocenters. The number of para-hydroxylation sites is 1. The number of carbonyl (C=O) groups excluding carboxylic acids is 1. The molecule has 4 nitrogen and oxygen atoms in total. The van der Waals surface area contributed by atoms with Gasteiger partial charge in [-0.15, -0.1) is 0 Å². The summed E-state index contributed by atoms with van der Waals surface area (Å²) in [5, 5.41) is 3.40. The Morgan fingerprint density at radius 1 is 1.00 bits per heavy atom. The third-order valence-corrected chi connectivity index (χ3v) is 4.67. The van der Waals surface area contributed by atoms with Crippen molar-refractivity contribution in [1.29, 1.82) is 0 Å². The van der Waals surface area contributed by atoms with E-state index in [0.29, 0.717) is 34.4 Å². The first-order chi connectivity index (χ1) is 14.0. The van der Waals surface area contributed by atoms with Gasteiger partial charge in [-0.25, -0.2) is 0 Å². The number of aryl methyl sites for hydroxylation is 2. The SMILES string of the molecule is CC[C@H](Oc1ccc(C)cc1C)C(=O)Nc1cc(Cl)ccc1Oc1ccccc1. The molecule has 0 saturated heterocycles. The summed E-state index contributed by atoms with van der Waals surface area (Å²) >= 11 is 6.14. The first-order valence-electron chi connectivity index (χ1n) is 9.53. The van der Waals surface area contributed by atoms with Crippen molar-refractivity contribution in [1.82, 2.24) is 0 Å². The molecule has 1 amide bonds. The lowest BCUT2D eigenvalue weighted by molar-refractivity contribution is -0.122. The van der Waals surface area contributed by atoms with Gasteiger partial charge < -0.3 is 14.8 Å². The number of rotatable bonds is 7. The Kier molecular flexibility index (Phi) is 6.78. The zero-order valence-electron chi connectivity index (χ0n) is 16.7. The zero-order chi connectivity index (χ0) is 20.8. The maximum Gasteiger partial charge on any atom is 0.265 e. The second-order valence-corrected chi connectivity index (χ2v) is 7.26. The van der Waals surface area contributed by atoms with E-state index in [-0.39, 0.29) is 5.91 Å². The molecular formula is C24H24ClNO3. The summed E-state index contributed by atoms with van der Waals surface area (Å²) < 4.78 is 11.9. The molecule has 29 heavy (non-hydrogen) atoms. The fourth-order valence-electron chi connectivity index (χ4n) is 2.92. The summed E-state index contributed by atoms with van der Waals surface area (Å²) in [4.78, 5) is 12.9. The highest BCUT2D eigenvalue weighted by atomic mass is 35.5. The minimum absolute atomic E-state index is 0.257. The van der Waals surface area contributed by atoms with Crippen LogP contribution in [0.2, 0.25) is 5.02 Å². The molecule has 0 spiro atoms. The molecule has 0 radical (unpaired) electrons. The lowest BCUT2D eigenvalue weighted by Gasteiger charge is -2.20. The molecule has 5 heteroatoms. The summed E-state index contributed by atoms with van der Waals surface area (Å²) in [6.45, 7) is 5.90. The maximum atomic E-state index is 12.9. The van der Waals surface area contributed by atoms with E-state index in [9.17, 15) is 4.79 Å². The standard InChI is InChI=1S/C24H24ClNO3/c1-4-21(29-22-12-10-16(2)14-17(22)3)24(27)26-20-15-18(25)11-13-23(20)28-19-8-6-5-7-9-19/h5-15,21H,4H2,1-3H3,(H,26,27)/t21-/m0/s1. The maximum absolute atomic E-state index is 12.9. The fourth-order valence-corrected chi connectivity index (χ4v) is 3.10. The van der Waals surface area contributed by atoms with Crippen molar-refractivity contribution in [3.63, 3.8) is 0 Å². The molecule has 0 fully saturated rings. The quantitative estimate of drug-likeness (QED) is 0.481. The Morgan fingerprint density at radius 3 is 2.41 bits per heavy atom. The zero-order valence-corrected chi connectivity index (χ0v) is 17.5. The average molecular weight is 410 g/mol. The lowest BCUT2D eigenvalue weighted by Crippen LogP contribution is -2.32. The number of benzene rings is 3. The monoisotopic (exact) mass is 409 g/mol. The molecule has 0 bridgehead atoms.